The molecule has 0 saturated carbocycles. The van der Waals surface area contributed by atoms with Crippen molar-refractivity contribution < 1.29 is 4.42 Å². The van der Waals surface area contributed by atoms with Crippen LogP contribution in [0, 0.1) is 0 Å². The van der Waals surface area contributed by atoms with Crippen LogP contribution in [0.2, 0.25) is 0 Å². The average molecular weight is 819 g/mol. The molecule has 3 heteroatoms. The van der Waals surface area contributed by atoms with Crippen molar-refractivity contribution in [2.45, 2.75) is 19.3 Å². The molecule has 0 aliphatic heterocycles. The van der Waals surface area contributed by atoms with Crippen LogP contribution in [0.3, 0.4) is 0 Å². The lowest BCUT2D eigenvalue weighted by Crippen LogP contribution is -2.14. The van der Waals surface area contributed by atoms with E-state index in [1.807, 2.05) is 0 Å². The monoisotopic (exact) mass is 818 g/mol. The minimum atomic E-state index is -0.0673. The number of aromatic nitrogens is 1. The zero-order chi connectivity index (χ0) is 42.5. The minimum absolute atomic E-state index is 0.0673. The van der Waals surface area contributed by atoms with Gasteiger partial charge in [0.2, 0.25) is 0 Å². The van der Waals surface area contributed by atoms with Crippen LogP contribution in [0.5, 0.6) is 0 Å². The Hall–Kier alpha value is -8.14. The molecule has 64 heavy (non-hydrogen) atoms. The highest BCUT2D eigenvalue weighted by atomic mass is 16.3. The van der Waals surface area contributed by atoms with Crippen molar-refractivity contribution in [3.05, 3.63) is 230 Å². The summed E-state index contributed by atoms with van der Waals surface area (Å²) in [5, 5.41) is 7.09. The summed E-state index contributed by atoms with van der Waals surface area (Å²) in [5.74, 6) is 0. The van der Waals surface area contributed by atoms with E-state index in [0.29, 0.717) is 0 Å². The van der Waals surface area contributed by atoms with E-state index in [0.717, 1.165) is 55.8 Å². The summed E-state index contributed by atoms with van der Waals surface area (Å²) in [6.07, 6.45) is 0. The summed E-state index contributed by atoms with van der Waals surface area (Å²) in [6, 6.07) is 79.6. The van der Waals surface area contributed by atoms with Crippen LogP contribution >= 0.6 is 0 Å². The van der Waals surface area contributed by atoms with Gasteiger partial charge >= 0.3 is 0 Å². The maximum Gasteiger partial charge on any atom is 0.145 e. The van der Waals surface area contributed by atoms with Crippen molar-refractivity contribution in [1.82, 2.24) is 4.57 Å². The number of fused-ring (bicyclic) bond motifs is 10. The first-order chi connectivity index (χ1) is 31.5. The topological polar surface area (TPSA) is 21.3 Å². The molecule has 0 unspecified atom stereocenters. The summed E-state index contributed by atoms with van der Waals surface area (Å²) in [4.78, 5) is 2.40. The third kappa shape index (κ3) is 5.47. The fourth-order valence-electron chi connectivity index (χ4n) is 10.7. The lowest BCUT2D eigenvalue weighted by molar-refractivity contribution is 0.660. The van der Waals surface area contributed by atoms with Crippen LogP contribution in [-0.4, -0.2) is 4.57 Å². The van der Waals surface area contributed by atoms with Gasteiger partial charge in [0.15, 0.2) is 0 Å². The number of furan rings is 1. The molecular formula is C61H42N2O. The fourth-order valence-corrected chi connectivity index (χ4v) is 10.7. The van der Waals surface area contributed by atoms with Crippen LogP contribution < -0.4 is 4.90 Å². The summed E-state index contributed by atoms with van der Waals surface area (Å²) in [7, 11) is 0. The molecular weight excluding hydrogens is 777 g/mol. The van der Waals surface area contributed by atoms with Gasteiger partial charge in [0.25, 0.3) is 0 Å². The van der Waals surface area contributed by atoms with E-state index in [-0.39, 0.29) is 5.41 Å². The maximum atomic E-state index is 6.91. The van der Waals surface area contributed by atoms with Crippen molar-refractivity contribution in [2.75, 3.05) is 4.90 Å². The quantitative estimate of drug-likeness (QED) is 0.167. The highest BCUT2D eigenvalue weighted by Gasteiger charge is 2.35. The first-order valence-corrected chi connectivity index (χ1v) is 22.2. The van der Waals surface area contributed by atoms with Crippen molar-refractivity contribution in [3.63, 3.8) is 0 Å². The van der Waals surface area contributed by atoms with Gasteiger partial charge in [0.05, 0.1) is 16.7 Å². The molecule has 0 radical (unpaired) electrons. The van der Waals surface area contributed by atoms with Gasteiger partial charge in [-0.1, -0.05) is 159 Å². The molecule has 1 aliphatic rings. The molecule has 1 aliphatic carbocycles. The molecule has 3 nitrogen and oxygen atoms in total. The molecule has 0 saturated heterocycles. The van der Waals surface area contributed by atoms with Crippen molar-refractivity contribution in [3.8, 4) is 39.1 Å². The Morgan fingerprint density at radius 1 is 0.422 bits per heavy atom. The second-order valence-electron chi connectivity index (χ2n) is 17.7. The molecule has 0 amide bonds. The number of para-hydroxylation sites is 3. The first-order valence-electron chi connectivity index (χ1n) is 22.2. The first kappa shape index (κ1) is 36.5. The van der Waals surface area contributed by atoms with Crippen molar-refractivity contribution >= 4 is 71.6 Å². The lowest BCUT2D eigenvalue weighted by Gasteiger charge is -2.28. The Balaban J connectivity index is 0.993. The Morgan fingerprint density at radius 2 is 1.03 bits per heavy atom. The van der Waals surface area contributed by atoms with Crippen LogP contribution in [-0.2, 0) is 5.41 Å². The summed E-state index contributed by atoms with van der Waals surface area (Å²) in [6.45, 7) is 4.70. The molecule has 12 aromatic rings. The van der Waals surface area contributed by atoms with Gasteiger partial charge in [-0.05, 0) is 123 Å². The summed E-state index contributed by atoms with van der Waals surface area (Å²) in [5.41, 5.74) is 18.3. The highest BCUT2D eigenvalue weighted by molar-refractivity contribution is 6.14. The Kier molecular flexibility index (Phi) is 7.95. The van der Waals surface area contributed by atoms with E-state index < -0.39 is 0 Å². The lowest BCUT2D eigenvalue weighted by atomic mass is 9.81. The molecule has 13 rings (SSSR count). The van der Waals surface area contributed by atoms with Crippen LogP contribution in [0.4, 0.5) is 17.1 Å². The van der Waals surface area contributed by atoms with Gasteiger partial charge in [0.1, 0.15) is 11.2 Å². The molecule has 0 N–H and O–H groups in total. The highest BCUT2D eigenvalue weighted by Crippen LogP contribution is 2.51. The number of anilines is 3. The van der Waals surface area contributed by atoms with E-state index in [1.54, 1.807) is 0 Å². The molecule has 0 atom stereocenters. The Labute approximate surface area is 371 Å². The number of nitrogens with zero attached hydrogens (tertiary/aromatic N) is 2. The van der Waals surface area contributed by atoms with E-state index in [1.165, 1.54) is 66.0 Å². The molecule has 0 fully saturated rings. The Morgan fingerprint density at radius 3 is 1.81 bits per heavy atom. The van der Waals surface area contributed by atoms with E-state index in [2.05, 4.69) is 242 Å². The molecule has 10 aromatic carbocycles. The standard InChI is InChI=1S/C61H42N2O/c1-61(2)53-19-9-5-15-47(53)48-34-28-43(38-54(48)61)40-23-29-44(30-24-40)62(46-33-25-39-13-3-4-14-42(39)37-46)57-36-35-52-51-18-8-12-22-58(51)64-60(52)59(57)41-26-31-45(32-27-41)63-55-20-10-6-16-49(55)50-17-7-11-21-56(50)63/h3-38H,1-2H3. The van der Waals surface area contributed by atoms with E-state index in [4.69, 9.17) is 4.42 Å². The zero-order valence-electron chi connectivity index (χ0n) is 35.6. The number of hydrogen-bond acceptors (Lipinski definition) is 2. The fraction of sp³-hybridized carbons (Fsp3) is 0.0492. The van der Waals surface area contributed by atoms with Crippen molar-refractivity contribution in [1.29, 1.82) is 0 Å². The van der Waals surface area contributed by atoms with Crippen LogP contribution in [0.1, 0.15) is 25.0 Å². The van der Waals surface area contributed by atoms with Crippen LogP contribution in [0.25, 0.3) is 93.6 Å². The zero-order valence-corrected chi connectivity index (χ0v) is 35.6. The smallest absolute Gasteiger partial charge is 0.145 e. The van der Waals surface area contributed by atoms with Gasteiger partial charge in [-0.2, -0.15) is 0 Å². The van der Waals surface area contributed by atoms with Gasteiger partial charge < -0.3 is 13.9 Å². The third-order valence-corrected chi connectivity index (χ3v) is 13.8. The molecule has 302 valence electrons. The molecule has 0 spiro atoms. The predicted molar refractivity (Wildman–Crippen MR) is 269 cm³/mol. The maximum absolute atomic E-state index is 6.91. The average Bonchev–Trinajstić information content (AvgIpc) is 3.97. The predicted octanol–water partition coefficient (Wildman–Crippen LogP) is 16.9. The molecule has 2 aromatic heterocycles. The number of rotatable bonds is 6. The number of benzene rings is 10. The van der Waals surface area contributed by atoms with Gasteiger partial charge in [-0.25, -0.2) is 0 Å². The third-order valence-electron chi connectivity index (χ3n) is 13.8. The minimum Gasteiger partial charge on any atom is -0.455 e. The van der Waals surface area contributed by atoms with E-state index in [9.17, 15) is 0 Å². The SMILES string of the molecule is CC1(C)c2ccccc2-c2ccc(-c3ccc(N(c4ccc5ccccc5c4)c4ccc5c(oc6ccccc65)c4-c4ccc(-n5c6ccccc6c6ccccc65)cc4)cc3)cc21. The van der Waals surface area contributed by atoms with Gasteiger partial charge in [0, 0.05) is 49.6 Å². The van der Waals surface area contributed by atoms with Crippen molar-refractivity contribution in [2.24, 2.45) is 0 Å². The second-order valence-corrected chi connectivity index (χ2v) is 17.7. The number of hydrogen-bond donors (Lipinski definition) is 0. The van der Waals surface area contributed by atoms with E-state index >= 15 is 0 Å². The molecule has 0 bridgehead atoms. The largest absolute Gasteiger partial charge is 0.455 e. The second kappa shape index (κ2) is 13.9. The normalized spacial score (nSPS) is 13.0. The summed E-state index contributed by atoms with van der Waals surface area (Å²) >= 11 is 0. The summed E-state index contributed by atoms with van der Waals surface area (Å²) < 4.78 is 9.29. The van der Waals surface area contributed by atoms with Crippen LogP contribution in [0.15, 0.2) is 223 Å². The molecule has 2 heterocycles. The van der Waals surface area contributed by atoms with Gasteiger partial charge in [-0.3, -0.25) is 0 Å². The van der Waals surface area contributed by atoms with Gasteiger partial charge in [-0.15, -0.1) is 0 Å². The Bertz CT molecular complexity index is 3760.